The van der Waals surface area contributed by atoms with E-state index in [0.717, 1.165) is 32.5 Å². The average Bonchev–Trinajstić information content (AvgIpc) is 2.58. The van der Waals surface area contributed by atoms with Gasteiger partial charge in [-0.1, -0.05) is 6.07 Å². The summed E-state index contributed by atoms with van der Waals surface area (Å²) in [6, 6.07) is 5.29. The third-order valence-corrected chi connectivity index (χ3v) is 2.77. The summed E-state index contributed by atoms with van der Waals surface area (Å²) in [5.74, 6) is -0.380. The van der Waals surface area contributed by atoms with Crippen molar-refractivity contribution >= 4 is 11.8 Å². The highest BCUT2D eigenvalue weighted by molar-refractivity contribution is 5.85. The normalized spacial score (nSPS) is 20.6. The Morgan fingerprint density at radius 3 is 3.12 bits per heavy atom. The predicted molar refractivity (Wildman–Crippen MR) is 63.3 cm³/mol. The molecule has 1 aromatic heterocycles. The van der Waals surface area contributed by atoms with E-state index in [0.29, 0.717) is 11.9 Å². The van der Waals surface area contributed by atoms with Crippen molar-refractivity contribution in [3.63, 3.8) is 0 Å². The van der Waals surface area contributed by atoms with Gasteiger partial charge in [0.05, 0.1) is 0 Å². The topological polar surface area (TPSA) is 71.5 Å². The van der Waals surface area contributed by atoms with Crippen LogP contribution >= 0.6 is 0 Å². The zero-order valence-corrected chi connectivity index (χ0v) is 9.56. The molecule has 5 heteroatoms. The maximum Gasteiger partial charge on any atom is 0.354 e. The van der Waals surface area contributed by atoms with E-state index in [2.05, 4.69) is 10.3 Å². The van der Waals surface area contributed by atoms with Crippen molar-refractivity contribution in [3.05, 3.63) is 23.9 Å². The molecule has 1 saturated heterocycles. The molecule has 0 bridgehead atoms. The monoisotopic (exact) mass is 236 g/mol. The Morgan fingerprint density at radius 1 is 1.41 bits per heavy atom. The first-order valence-electron chi connectivity index (χ1n) is 5.80. The molecule has 0 radical (unpaired) electrons. The number of ether oxygens (including phenoxy) is 1. The Balaban J connectivity index is 2.01. The van der Waals surface area contributed by atoms with Gasteiger partial charge in [-0.05, 0) is 31.4 Å². The average molecular weight is 236 g/mol. The van der Waals surface area contributed by atoms with Crippen molar-refractivity contribution in [2.24, 2.45) is 0 Å². The molecule has 2 heterocycles. The Labute approximate surface area is 99.8 Å². The molecular formula is C12H16N2O3. The number of nitrogens with zero attached hydrogens (tertiary/aromatic N) is 1. The molecule has 1 aliphatic rings. The molecule has 0 aromatic carbocycles. The molecule has 2 rings (SSSR count). The minimum Gasteiger partial charge on any atom is -0.477 e. The number of hydrogen-bond acceptors (Lipinski definition) is 4. The fourth-order valence-electron chi connectivity index (χ4n) is 1.89. The van der Waals surface area contributed by atoms with E-state index in [1.165, 1.54) is 6.07 Å². The molecule has 5 nitrogen and oxygen atoms in total. The molecule has 0 spiro atoms. The molecule has 1 aromatic rings. The quantitative estimate of drug-likeness (QED) is 0.836. The maximum atomic E-state index is 10.8. The Kier molecular flexibility index (Phi) is 3.93. The van der Waals surface area contributed by atoms with Crippen LogP contribution in [0.5, 0.6) is 0 Å². The summed E-state index contributed by atoms with van der Waals surface area (Å²) in [5.41, 5.74) is 0.0693. The lowest BCUT2D eigenvalue weighted by atomic mass is 10.1. The molecule has 0 amide bonds. The van der Waals surface area contributed by atoms with Gasteiger partial charge in [0.1, 0.15) is 5.82 Å². The Hall–Kier alpha value is -1.62. The van der Waals surface area contributed by atoms with Crippen molar-refractivity contribution < 1.29 is 14.6 Å². The van der Waals surface area contributed by atoms with Crippen LogP contribution in [0.4, 0.5) is 5.82 Å². The van der Waals surface area contributed by atoms with Gasteiger partial charge in [-0.15, -0.1) is 0 Å². The molecule has 17 heavy (non-hydrogen) atoms. The number of hydrogen-bond donors (Lipinski definition) is 2. The van der Waals surface area contributed by atoms with Crippen LogP contribution in [0.15, 0.2) is 18.2 Å². The highest BCUT2D eigenvalue weighted by Crippen LogP contribution is 2.14. The Bertz CT molecular complexity index is 387. The van der Waals surface area contributed by atoms with Gasteiger partial charge in [0.15, 0.2) is 5.69 Å². The van der Waals surface area contributed by atoms with Crippen LogP contribution < -0.4 is 5.32 Å². The van der Waals surface area contributed by atoms with Crippen molar-refractivity contribution in [1.82, 2.24) is 4.98 Å². The molecule has 1 unspecified atom stereocenters. The zero-order valence-electron chi connectivity index (χ0n) is 9.56. The molecule has 1 fully saturated rings. The predicted octanol–water partition coefficient (Wildman–Crippen LogP) is 1.76. The second-order valence-corrected chi connectivity index (χ2v) is 4.10. The smallest absolute Gasteiger partial charge is 0.354 e. The summed E-state index contributed by atoms with van der Waals surface area (Å²) in [6.45, 7) is 1.55. The summed E-state index contributed by atoms with van der Waals surface area (Å²) in [4.78, 5) is 14.8. The lowest BCUT2D eigenvalue weighted by molar-refractivity contribution is 0.0690. The minimum absolute atomic E-state index is 0.0693. The molecular weight excluding hydrogens is 220 g/mol. The molecule has 2 N–H and O–H groups in total. The number of pyridine rings is 1. The van der Waals surface area contributed by atoms with Gasteiger partial charge in [0, 0.05) is 19.3 Å². The highest BCUT2D eigenvalue weighted by Gasteiger charge is 2.13. The van der Waals surface area contributed by atoms with E-state index in [9.17, 15) is 4.79 Å². The SMILES string of the molecule is O=C(O)c1cccc(NC2CCCOCC2)n1. The number of aromatic carboxylic acids is 1. The fourth-order valence-corrected chi connectivity index (χ4v) is 1.89. The number of nitrogens with one attached hydrogen (secondary N) is 1. The van der Waals surface area contributed by atoms with Crippen LogP contribution in [0.25, 0.3) is 0 Å². The number of carboxylic acid groups (broad SMARTS) is 1. The molecule has 92 valence electrons. The number of carboxylic acids is 1. The van der Waals surface area contributed by atoms with Crippen LogP contribution in [0, 0.1) is 0 Å². The third kappa shape index (κ3) is 3.42. The second kappa shape index (κ2) is 5.63. The Morgan fingerprint density at radius 2 is 2.29 bits per heavy atom. The minimum atomic E-state index is -1.00. The van der Waals surface area contributed by atoms with E-state index < -0.39 is 5.97 Å². The van der Waals surface area contributed by atoms with E-state index in [1.807, 2.05) is 0 Å². The van der Waals surface area contributed by atoms with Crippen molar-refractivity contribution in [2.45, 2.75) is 25.3 Å². The van der Waals surface area contributed by atoms with Crippen LogP contribution in [0.2, 0.25) is 0 Å². The summed E-state index contributed by atoms with van der Waals surface area (Å²) in [6.07, 6.45) is 2.98. The van der Waals surface area contributed by atoms with Gasteiger partial charge in [0.25, 0.3) is 0 Å². The summed E-state index contributed by atoms with van der Waals surface area (Å²) in [7, 11) is 0. The third-order valence-electron chi connectivity index (χ3n) is 2.77. The van der Waals surface area contributed by atoms with Gasteiger partial charge >= 0.3 is 5.97 Å². The number of aromatic nitrogens is 1. The summed E-state index contributed by atoms with van der Waals surface area (Å²) >= 11 is 0. The maximum absolute atomic E-state index is 10.8. The standard InChI is InChI=1S/C12H16N2O3/c15-12(16)10-4-1-5-11(14-10)13-9-3-2-7-17-8-6-9/h1,4-5,9H,2-3,6-8H2,(H,13,14)(H,15,16). The molecule has 0 saturated carbocycles. The van der Waals surface area contributed by atoms with Gasteiger partial charge in [0.2, 0.25) is 0 Å². The van der Waals surface area contributed by atoms with E-state index in [4.69, 9.17) is 9.84 Å². The molecule has 1 atom stereocenters. The van der Waals surface area contributed by atoms with Crippen molar-refractivity contribution in [3.8, 4) is 0 Å². The highest BCUT2D eigenvalue weighted by atomic mass is 16.5. The van der Waals surface area contributed by atoms with Gasteiger partial charge in [-0.25, -0.2) is 9.78 Å². The number of carbonyl (C=O) groups is 1. The summed E-state index contributed by atoms with van der Waals surface area (Å²) < 4.78 is 5.37. The summed E-state index contributed by atoms with van der Waals surface area (Å²) in [5, 5.41) is 12.1. The lowest BCUT2D eigenvalue weighted by Crippen LogP contribution is -2.20. The van der Waals surface area contributed by atoms with Crippen molar-refractivity contribution in [2.75, 3.05) is 18.5 Å². The first kappa shape index (κ1) is 11.9. The molecule has 1 aliphatic heterocycles. The second-order valence-electron chi connectivity index (χ2n) is 4.10. The first-order valence-corrected chi connectivity index (χ1v) is 5.80. The molecule has 0 aliphatic carbocycles. The van der Waals surface area contributed by atoms with E-state index in [1.54, 1.807) is 12.1 Å². The largest absolute Gasteiger partial charge is 0.477 e. The number of rotatable bonds is 3. The van der Waals surface area contributed by atoms with E-state index >= 15 is 0 Å². The van der Waals surface area contributed by atoms with Crippen LogP contribution in [0.1, 0.15) is 29.8 Å². The van der Waals surface area contributed by atoms with Crippen LogP contribution in [0.3, 0.4) is 0 Å². The first-order chi connectivity index (χ1) is 8.25. The lowest BCUT2D eigenvalue weighted by Gasteiger charge is -2.16. The van der Waals surface area contributed by atoms with Crippen molar-refractivity contribution in [1.29, 1.82) is 0 Å². The van der Waals surface area contributed by atoms with Gasteiger partial charge in [-0.2, -0.15) is 0 Å². The van der Waals surface area contributed by atoms with Gasteiger partial charge in [-0.3, -0.25) is 0 Å². The fraction of sp³-hybridized carbons (Fsp3) is 0.500. The van der Waals surface area contributed by atoms with Crippen LogP contribution in [-0.2, 0) is 4.74 Å². The van der Waals surface area contributed by atoms with Crippen LogP contribution in [-0.4, -0.2) is 35.3 Å². The van der Waals surface area contributed by atoms with Gasteiger partial charge < -0.3 is 15.2 Å². The zero-order chi connectivity index (χ0) is 12.1. The van der Waals surface area contributed by atoms with E-state index in [-0.39, 0.29) is 5.69 Å². The number of anilines is 1.